The Morgan fingerprint density at radius 1 is 1.26 bits per heavy atom. The zero-order valence-electron chi connectivity index (χ0n) is 19.7. The van der Waals surface area contributed by atoms with E-state index in [1.807, 2.05) is 0 Å². The molecule has 3 aliphatic carbocycles. The largest absolute Gasteiger partial charge is 0.495 e. The molecule has 3 N–H and O–H groups in total. The molecular weight excluding hydrogens is 424 g/mol. The van der Waals surface area contributed by atoms with Gasteiger partial charge in [0.1, 0.15) is 16.5 Å². The number of anilines is 3. The molecule has 12 heteroatoms. The van der Waals surface area contributed by atoms with E-state index in [-0.39, 0.29) is 33.9 Å². The number of aromatic nitrogens is 3. The van der Waals surface area contributed by atoms with Crippen molar-refractivity contribution in [3.05, 3.63) is 24.0 Å². The predicted octanol–water partition coefficient (Wildman–Crippen LogP) is 1.13. The van der Waals surface area contributed by atoms with E-state index in [1.165, 1.54) is 25.4 Å². The van der Waals surface area contributed by atoms with Gasteiger partial charge in [0.2, 0.25) is 5.91 Å². The summed E-state index contributed by atoms with van der Waals surface area (Å²) in [7, 11) is -2.44. The van der Waals surface area contributed by atoms with E-state index in [9.17, 15) is 18.0 Å². The van der Waals surface area contributed by atoms with Crippen LogP contribution in [-0.4, -0.2) is 55.8 Å². The second-order valence-corrected chi connectivity index (χ2v) is 9.76. The second kappa shape index (κ2) is 7.45. The maximum absolute atomic E-state index is 12.6. The fourth-order valence-corrected chi connectivity index (χ4v) is 4.61. The lowest BCUT2D eigenvalue weighted by Gasteiger charge is -2.59. The van der Waals surface area contributed by atoms with E-state index in [4.69, 9.17) is 8.85 Å². The van der Waals surface area contributed by atoms with Crippen LogP contribution in [0, 0.1) is 11.3 Å². The molecule has 3 aliphatic rings. The number of carbonyl (C=O) groups excluding carboxylic acids is 2. The molecule has 0 unspecified atom stereocenters. The Morgan fingerprint density at radius 3 is 2.58 bits per heavy atom. The van der Waals surface area contributed by atoms with Crippen LogP contribution in [0.3, 0.4) is 0 Å². The fraction of sp³-hybridized carbons (Fsp3) is 0.421. The van der Waals surface area contributed by atoms with Crippen LogP contribution in [0.15, 0.2) is 23.2 Å². The first-order valence-corrected chi connectivity index (χ1v) is 11.2. The Bertz CT molecular complexity index is 1270. The number of hydrogen-bond donors (Lipinski definition) is 3. The van der Waals surface area contributed by atoms with E-state index in [1.54, 1.807) is 5.32 Å². The number of sulfone groups is 1. The molecule has 0 spiro atoms. The number of nitrogens with zero attached hydrogens (tertiary/aromatic N) is 3. The summed E-state index contributed by atoms with van der Waals surface area (Å²) in [6.45, 7) is -2.80. The van der Waals surface area contributed by atoms with E-state index >= 15 is 0 Å². The summed E-state index contributed by atoms with van der Waals surface area (Å²) in [4.78, 5) is 29.0. The molecule has 31 heavy (non-hydrogen) atoms. The summed E-state index contributed by atoms with van der Waals surface area (Å²) in [6, 6.07) is 2.51. The molecule has 0 radical (unpaired) electrons. The van der Waals surface area contributed by atoms with E-state index in [0.717, 1.165) is 25.5 Å². The molecule has 2 heterocycles. The smallest absolute Gasteiger partial charge is 0.273 e. The van der Waals surface area contributed by atoms with Crippen molar-refractivity contribution in [1.82, 2.24) is 20.5 Å². The molecule has 5 rings (SSSR count). The first kappa shape index (κ1) is 17.4. The van der Waals surface area contributed by atoms with Gasteiger partial charge >= 0.3 is 0 Å². The van der Waals surface area contributed by atoms with Gasteiger partial charge < -0.3 is 20.7 Å². The highest BCUT2D eigenvalue weighted by Gasteiger charge is 2.61. The van der Waals surface area contributed by atoms with Gasteiger partial charge in [-0.25, -0.2) is 13.4 Å². The lowest BCUT2D eigenvalue weighted by Crippen LogP contribution is -2.58. The van der Waals surface area contributed by atoms with Crippen LogP contribution in [0.5, 0.6) is 5.75 Å². The minimum absolute atomic E-state index is 0.0112. The summed E-state index contributed by atoms with van der Waals surface area (Å²) in [5.41, 5.74) is -0.943. The highest BCUT2D eigenvalue weighted by Crippen LogP contribution is 2.64. The molecule has 2 aromatic heterocycles. The molecule has 0 aliphatic heterocycles. The van der Waals surface area contributed by atoms with Crippen LogP contribution in [0.1, 0.15) is 33.9 Å². The topological polar surface area (TPSA) is 152 Å². The molecule has 0 saturated heterocycles. The number of pyridine rings is 1. The second-order valence-electron chi connectivity index (χ2n) is 7.78. The lowest BCUT2D eigenvalue weighted by molar-refractivity contribution is -0.158. The van der Waals surface area contributed by atoms with Gasteiger partial charge in [-0.1, -0.05) is 0 Å². The maximum atomic E-state index is 12.6. The van der Waals surface area contributed by atoms with Crippen LogP contribution in [0.2, 0.25) is 0 Å². The van der Waals surface area contributed by atoms with Crippen molar-refractivity contribution in [3.63, 3.8) is 0 Å². The zero-order chi connectivity index (χ0) is 24.9. The number of ether oxygens (including phenoxy) is 1. The van der Waals surface area contributed by atoms with Gasteiger partial charge in [-0.2, -0.15) is 0 Å². The fourth-order valence-electron chi connectivity index (χ4n) is 3.82. The summed E-state index contributed by atoms with van der Waals surface area (Å²) in [6.07, 6.45) is 4.66. The van der Waals surface area contributed by atoms with Crippen molar-refractivity contribution in [2.24, 2.45) is 11.3 Å². The van der Waals surface area contributed by atoms with Crippen molar-refractivity contribution >= 4 is 39.0 Å². The molecule has 3 saturated carbocycles. The van der Waals surface area contributed by atoms with Crippen molar-refractivity contribution in [2.45, 2.75) is 24.2 Å². The number of amides is 2. The molecule has 11 nitrogen and oxygen atoms in total. The summed E-state index contributed by atoms with van der Waals surface area (Å²) < 4.78 is 51.5. The normalized spacial score (nSPS) is 23.2. The summed E-state index contributed by atoms with van der Waals surface area (Å²) in [5, 5.41) is 14.8. The van der Waals surface area contributed by atoms with Gasteiger partial charge in [0.15, 0.2) is 21.3 Å². The zero-order valence-corrected chi connectivity index (χ0v) is 17.5. The van der Waals surface area contributed by atoms with Crippen LogP contribution in [0.25, 0.3) is 0 Å². The van der Waals surface area contributed by atoms with E-state index in [2.05, 4.69) is 25.8 Å². The number of nitrogens with one attached hydrogen (secondary N) is 3. The van der Waals surface area contributed by atoms with Crippen LogP contribution in [-0.2, 0) is 14.6 Å². The van der Waals surface area contributed by atoms with Crippen LogP contribution < -0.4 is 20.7 Å². The SMILES string of the molecule is [2H]C([2H])([2H])NC(=O)c1nnc(NC(=O)C23CC(C2)C3)cc1Nc1ncc(OC)cc1S(C)(=O)=O. The van der Waals surface area contributed by atoms with Gasteiger partial charge in [0.05, 0.1) is 24.4 Å². The molecule has 2 bridgehead atoms. The van der Waals surface area contributed by atoms with E-state index in [0.29, 0.717) is 5.92 Å². The van der Waals surface area contributed by atoms with Crippen molar-refractivity contribution in [1.29, 1.82) is 0 Å². The monoisotopic (exact) mass is 449 g/mol. The third kappa shape index (κ3) is 3.78. The number of methoxy groups -OCH3 is 1. The minimum Gasteiger partial charge on any atom is -0.495 e. The molecule has 0 atom stereocenters. The van der Waals surface area contributed by atoms with Gasteiger partial charge in [-0.05, 0) is 25.2 Å². The Hall–Kier alpha value is -3.28. The van der Waals surface area contributed by atoms with Gasteiger partial charge in [0.25, 0.3) is 5.91 Å². The average molecular weight is 450 g/mol. The van der Waals surface area contributed by atoms with Crippen molar-refractivity contribution in [3.8, 4) is 5.75 Å². The minimum atomic E-state index is -3.79. The average Bonchev–Trinajstić information content (AvgIpc) is 2.63. The third-order valence-corrected chi connectivity index (χ3v) is 6.71. The number of hydrogen-bond acceptors (Lipinski definition) is 9. The summed E-state index contributed by atoms with van der Waals surface area (Å²) in [5.74, 6) is -0.676. The Kier molecular flexibility index (Phi) is 4.18. The third-order valence-electron chi connectivity index (χ3n) is 5.60. The first-order chi connectivity index (χ1) is 15.8. The molecule has 2 aromatic rings. The number of rotatable bonds is 7. The molecule has 2 amide bonds. The molecular formula is C19H22N6O5S. The predicted molar refractivity (Wildman–Crippen MR) is 111 cm³/mol. The maximum Gasteiger partial charge on any atom is 0.273 e. The highest BCUT2D eigenvalue weighted by molar-refractivity contribution is 7.90. The Labute approximate surface area is 183 Å². The Balaban J connectivity index is 1.71. The highest BCUT2D eigenvalue weighted by atomic mass is 32.2. The van der Waals surface area contributed by atoms with E-state index < -0.39 is 33.8 Å². The Morgan fingerprint density at radius 2 is 2.00 bits per heavy atom. The standard InChI is InChI=1S/C19H22N6O5S/c1-20-17(26)15-12(22-16-13(31(3,28)29)4-11(30-2)9-21-16)5-14(24-25-15)23-18(27)19-6-10(7-19)8-19/h4-5,9-10H,6-8H2,1-3H3,(H,20,26)(H2,21,22,23,24,27)/i1D3. The van der Waals surface area contributed by atoms with Crippen LogP contribution in [0.4, 0.5) is 17.3 Å². The molecule has 3 fully saturated rings. The van der Waals surface area contributed by atoms with Crippen LogP contribution >= 0.6 is 0 Å². The summed E-state index contributed by atoms with van der Waals surface area (Å²) >= 11 is 0. The molecule has 0 aromatic carbocycles. The first-order valence-electron chi connectivity index (χ1n) is 10.8. The quantitative estimate of drug-likeness (QED) is 0.564. The van der Waals surface area contributed by atoms with Crippen molar-refractivity contribution < 1.29 is 26.9 Å². The van der Waals surface area contributed by atoms with Crippen molar-refractivity contribution in [2.75, 3.05) is 31.0 Å². The van der Waals surface area contributed by atoms with Gasteiger partial charge in [0, 0.05) is 29.5 Å². The number of carbonyl (C=O) groups is 2. The molecule has 164 valence electrons. The van der Waals surface area contributed by atoms with Gasteiger partial charge in [-0.15, -0.1) is 10.2 Å². The van der Waals surface area contributed by atoms with Gasteiger partial charge in [-0.3, -0.25) is 9.59 Å². The lowest BCUT2D eigenvalue weighted by atomic mass is 9.44.